The Bertz CT molecular complexity index is 884. The summed E-state index contributed by atoms with van der Waals surface area (Å²) in [6.45, 7) is 3.64. The van der Waals surface area contributed by atoms with E-state index in [1.807, 2.05) is 38.1 Å². The molecule has 0 N–H and O–H groups in total. The van der Waals surface area contributed by atoms with Crippen molar-refractivity contribution in [3.8, 4) is 17.3 Å². The average Bonchev–Trinajstić information content (AvgIpc) is 2.64. The molecule has 0 aromatic carbocycles. The summed E-state index contributed by atoms with van der Waals surface area (Å²) in [4.78, 5) is 25.2. The van der Waals surface area contributed by atoms with Gasteiger partial charge < -0.3 is 4.74 Å². The summed E-state index contributed by atoms with van der Waals surface area (Å²) in [6, 6.07) is 7.57. The van der Waals surface area contributed by atoms with Gasteiger partial charge in [-0.1, -0.05) is 19.9 Å². The lowest BCUT2D eigenvalue weighted by Crippen LogP contribution is -2.42. The summed E-state index contributed by atoms with van der Waals surface area (Å²) in [7, 11) is 1.57. The number of hydrogen-bond acceptors (Lipinski definition) is 6. The summed E-state index contributed by atoms with van der Waals surface area (Å²) in [5, 5.41) is 9.37. The highest BCUT2D eigenvalue weighted by Crippen LogP contribution is 2.44. The fourth-order valence-electron chi connectivity index (χ4n) is 3.20. The molecular formula is C19H18N4O2. The van der Waals surface area contributed by atoms with Crippen LogP contribution in [0.4, 0.5) is 0 Å². The topological polar surface area (TPSA) is 88.8 Å². The Balaban J connectivity index is 2.15. The Hall–Kier alpha value is -2.91. The predicted octanol–water partition coefficient (Wildman–Crippen LogP) is 2.83. The third-order valence-corrected chi connectivity index (χ3v) is 4.47. The fourth-order valence-corrected chi connectivity index (χ4v) is 3.20. The van der Waals surface area contributed by atoms with Crippen LogP contribution in [0.15, 0.2) is 48.6 Å². The number of nitrogens with zero attached hydrogens (tertiary/aromatic N) is 4. The molecule has 25 heavy (non-hydrogen) atoms. The Kier molecular flexibility index (Phi) is 4.19. The lowest BCUT2D eigenvalue weighted by molar-refractivity contribution is -0.128. The number of aromatic nitrogens is 3. The standard InChI is InChI=1S/C19H18N4O2/c1-18(2)11-19(25-3,7-13(8-20)17(18)24)16-6-4-5-15(23-16)14-9-21-12-22-10-14/h4-7,9-10,12H,11H2,1-3H3. The van der Waals surface area contributed by atoms with Crippen LogP contribution in [0.5, 0.6) is 0 Å². The third kappa shape index (κ3) is 2.94. The van der Waals surface area contributed by atoms with Crippen molar-refractivity contribution in [2.75, 3.05) is 7.11 Å². The number of ketones is 1. The molecule has 1 unspecified atom stereocenters. The van der Waals surface area contributed by atoms with Crippen LogP contribution in [0.2, 0.25) is 0 Å². The van der Waals surface area contributed by atoms with Gasteiger partial charge in [-0.25, -0.2) is 15.0 Å². The van der Waals surface area contributed by atoms with E-state index in [-0.39, 0.29) is 11.4 Å². The second-order valence-electron chi connectivity index (χ2n) is 6.69. The lowest BCUT2D eigenvalue weighted by Gasteiger charge is -2.39. The van der Waals surface area contributed by atoms with Gasteiger partial charge in [0, 0.05) is 30.5 Å². The Morgan fingerprint density at radius 2 is 1.96 bits per heavy atom. The van der Waals surface area contributed by atoms with Crippen LogP contribution in [-0.4, -0.2) is 27.8 Å². The summed E-state index contributed by atoms with van der Waals surface area (Å²) >= 11 is 0. The Morgan fingerprint density at radius 3 is 2.60 bits per heavy atom. The van der Waals surface area contributed by atoms with E-state index in [1.165, 1.54) is 6.33 Å². The number of rotatable bonds is 3. The van der Waals surface area contributed by atoms with Gasteiger partial charge in [-0.3, -0.25) is 4.79 Å². The first-order valence-electron chi connectivity index (χ1n) is 7.88. The zero-order valence-corrected chi connectivity index (χ0v) is 14.4. The van der Waals surface area contributed by atoms with Crippen molar-refractivity contribution in [2.24, 2.45) is 5.41 Å². The third-order valence-electron chi connectivity index (χ3n) is 4.47. The minimum Gasteiger partial charge on any atom is -0.368 e. The molecule has 0 bridgehead atoms. The molecule has 0 radical (unpaired) electrons. The molecule has 0 saturated carbocycles. The number of hydrogen-bond donors (Lipinski definition) is 0. The minimum absolute atomic E-state index is 0.105. The highest BCUT2D eigenvalue weighted by Gasteiger charge is 2.47. The number of carbonyl (C=O) groups excluding carboxylic acids is 1. The highest BCUT2D eigenvalue weighted by molar-refractivity contribution is 6.03. The van der Waals surface area contributed by atoms with Gasteiger partial charge in [0.2, 0.25) is 0 Å². The molecule has 0 spiro atoms. The Morgan fingerprint density at radius 1 is 1.24 bits per heavy atom. The SMILES string of the molecule is COC1(c2cccc(-c3cncnc3)n2)C=C(C#N)C(=O)C(C)(C)C1. The maximum absolute atomic E-state index is 12.4. The first-order valence-corrected chi connectivity index (χ1v) is 7.88. The van der Waals surface area contributed by atoms with E-state index in [0.717, 1.165) is 5.56 Å². The summed E-state index contributed by atoms with van der Waals surface area (Å²) in [5.74, 6) is -0.171. The zero-order valence-electron chi connectivity index (χ0n) is 14.4. The normalized spacial score (nSPS) is 22.2. The van der Waals surface area contributed by atoms with E-state index in [9.17, 15) is 10.1 Å². The molecule has 2 aromatic heterocycles. The van der Waals surface area contributed by atoms with Crippen LogP contribution in [0, 0.1) is 16.7 Å². The smallest absolute Gasteiger partial charge is 0.178 e. The van der Waals surface area contributed by atoms with Crippen molar-refractivity contribution in [1.29, 1.82) is 5.26 Å². The second kappa shape index (κ2) is 6.19. The van der Waals surface area contributed by atoms with Crippen LogP contribution >= 0.6 is 0 Å². The van der Waals surface area contributed by atoms with Crippen LogP contribution in [0.25, 0.3) is 11.3 Å². The predicted molar refractivity (Wildman–Crippen MR) is 91.1 cm³/mol. The first-order chi connectivity index (χ1) is 11.9. The van der Waals surface area contributed by atoms with Crippen molar-refractivity contribution in [3.63, 3.8) is 0 Å². The molecule has 1 aliphatic rings. The molecule has 6 heteroatoms. The second-order valence-corrected chi connectivity index (χ2v) is 6.69. The van der Waals surface area contributed by atoms with Crippen molar-refractivity contribution in [3.05, 3.63) is 54.3 Å². The first kappa shape index (κ1) is 16.9. The minimum atomic E-state index is -0.936. The lowest BCUT2D eigenvalue weighted by atomic mass is 9.68. The maximum atomic E-state index is 12.4. The maximum Gasteiger partial charge on any atom is 0.178 e. The number of allylic oxidation sites excluding steroid dienone is 1. The molecule has 3 rings (SSSR count). The van der Waals surface area contributed by atoms with Crippen molar-refractivity contribution >= 4 is 5.78 Å². The number of pyridine rings is 1. The molecule has 1 atom stereocenters. The summed E-state index contributed by atoms with van der Waals surface area (Å²) < 4.78 is 5.80. The number of carbonyl (C=O) groups is 1. The fraction of sp³-hybridized carbons (Fsp3) is 0.316. The molecule has 0 saturated heterocycles. The van der Waals surface area contributed by atoms with Gasteiger partial charge in [-0.15, -0.1) is 0 Å². The molecule has 2 heterocycles. The van der Waals surface area contributed by atoms with Gasteiger partial charge >= 0.3 is 0 Å². The van der Waals surface area contributed by atoms with E-state index in [2.05, 4.69) is 9.97 Å². The molecular weight excluding hydrogens is 316 g/mol. The van der Waals surface area contributed by atoms with Crippen LogP contribution in [0.1, 0.15) is 26.0 Å². The number of ether oxygens (including phenoxy) is 1. The van der Waals surface area contributed by atoms with Gasteiger partial charge in [-0.05, 0) is 24.6 Å². The summed E-state index contributed by atoms with van der Waals surface area (Å²) in [6.07, 6.45) is 6.82. The quantitative estimate of drug-likeness (QED) is 0.857. The van der Waals surface area contributed by atoms with Gasteiger partial charge in [0.25, 0.3) is 0 Å². The van der Waals surface area contributed by atoms with Crippen LogP contribution in [-0.2, 0) is 15.1 Å². The van der Waals surface area contributed by atoms with E-state index in [1.54, 1.807) is 25.6 Å². The molecule has 1 aliphatic carbocycles. The number of Topliss-reactive ketones (excluding diaryl/α,β-unsaturated/α-hetero) is 1. The van der Waals surface area contributed by atoms with Crippen molar-refractivity contribution in [1.82, 2.24) is 15.0 Å². The van der Waals surface area contributed by atoms with Crippen LogP contribution in [0.3, 0.4) is 0 Å². The van der Waals surface area contributed by atoms with Crippen LogP contribution < -0.4 is 0 Å². The van der Waals surface area contributed by atoms with Crippen molar-refractivity contribution in [2.45, 2.75) is 25.9 Å². The molecule has 0 aliphatic heterocycles. The Labute approximate surface area is 146 Å². The van der Waals surface area contributed by atoms with E-state index >= 15 is 0 Å². The molecule has 2 aromatic rings. The van der Waals surface area contributed by atoms with E-state index in [0.29, 0.717) is 17.8 Å². The van der Waals surface area contributed by atoms with Crippen molar-refractivity contribution < 1.29 is 9.53 Å². The van der Waals surface area contributed by atoms with Gasteiger partial charge in [0.1, 0.15) is 18.0 Å². The highest BCUT2D eigenvalue weighted by atomic mass is 16.5. The molecule has 0 amide bonds. The summed E-state index contributed by atoms with van der Waals surface area (Å²) in [5.41, 5.74) is 0.581. The monoisotopic (exact) mass is 334 g/mol. The largest absolute Gasteiger partial charge is 0.368 e. The average molecular weight is 334 g/mol. The van der Waals surface area contributed by atoms with E-state index < -0.39 is 11.0 Å². The molecule has 0 fully saturated rings. The molecule has 6 nitrogen and oxygen atoms in total. The van der Waals surface area contributed by atoms with Gasteiger partial charge in [0.15, 0.2) is 5.78 Å². The van der Waals surface area contributed by atoms with Gasteiger partial charge in [-0.2, -0.15) is 5.26 Å². The number of methoxy groups -OCH3 is 1. The van der Waals surface area contributed by atoms with E-state index in [4.69, 9.17) is 9.72 Å². The zero-order chi connectivity index (χ0) is 18.1. The van der Waals surface area contributed by atoms with Gasteiger partial charge in [0.05, 0.1) is 17.0 Å². The molecule has 126 valence electrons. The number of nitriles is 1.